The van der Waals surface area contributed by atoms with E-state index in [4.69, 9.17) is 0 Å². The van der Waals surface area contributed by atoms with E-state index in [-0.39, 0.29) is 0 Å². The second kappa shape index (κ2) is 5.04. The van der Waals surface area contributed by atoms with Crippen molar-refractivity contribution in [2.24, 2.45) is 0 Å². The lowest BCUT2D eigenvalue weighted by Crippen LogP contribution is -2.48. The van der Waals surface area contributed by atoms with E-state index in [1.807, 2.05) is 12.3 Å². The van der Waals surface area contributed by atoms with Crippen molar-refractivity contribution in [3.63, 3.8) is 0 Å². The predicted molar refractivity (Wildman–Crippen MR) is 74.5 cm³/mol. The first-order valence-corrected chi connectivity index (χ1v) is 6.61. The Bertz CT molecular complexity index is 533. The van der Waals surface area contributed by atoms with Gasteiger partial charge in [0.05, 0.1) is 5.52 Å². The summed E-state index contributed by atoms with van der Waals surface area (Å²) in [6.45, 7) is 6.60. The highest BCUT2D eigenvalue weighted by Crippen LogP contribution is 2.18. The summed E-state index contributed by atoms with van der Waals surface area (Å²) < 4.78 is 0. The molecular weight excluding hydrogens is 222 g/mol. The number of hydrogen-bond donors (Lipinski definition) is 1. The number of nitrogens with one attached hydrogen (secondary N) is 1. The number of aromatic nitrogens is 1. The highest BCUT2D eigenvalue weighted by atomic mass is 15.2. The van der Waals surface area contributed by atoms with Gasteiger partial charge < -0.3 is 5.32 Å². The first-order chi connectivity index (χ1) is 8.83. The van der Waals surface area contributed by atoms with Gasteiger partial charge in [-0.05, 0) is 24.6 Å². The van der Waals surface area contributed by atoms with Gasteiger partial charge in [-0.2, -0.15) is 0 Å². The number of benzene rings is 1. The number of rotatable bonds is 2. The van der Waals surface area contributed by atoms with E-state index < -0.39 is 0 Å². The molecule has 3 nitrogen and oxygen atoms in total. The molecule has 2 aromatic rings. The summed E-state index contributed by atoms with van der Waals surface area (Å²) in [4.78, 5) is 6.94. The highest BCUT2D eigenvalue weighted by Gasteiger charge is 2.16. The Labute approximate surface area is 108 Å². The van der Waals surface area contributed by atoms with E-state index >= 15 is 0 Å². The smallest absolute Gasteiger partial charge is 0.0705 e. The second-order valence-corrected chi connectivity index (χ2v) is 5.08. The molecule has 0 spiro atoms. The summed E-state index contributed by atoms with van der Waals surface area (Å²) in [5.41, 5.74) is 2.48. The predicted octanol–water partition coefficient (Wildman–Crippen LogP) is 2.03. The summed E-state index contributed by atoms with van der Waals surface area (Å²) in [6, 6.07) is 11.1. The molecule has 1 aliphatic heterocycles. The second-order valence-electron chi connectivity index (χ2n) is 5.08. The van der Waals surface area contributed by atoms with Crippen molar-refractivity contribution in [2.75, 3.05) is 19.6 Å². The van der Waals surface area contributed by atoms with Crippen LogP contribution in [0.15, 0.2) is 36.5 Å². The van der Waals surface area contributed by atoms with Crippen LogP contribution in [-0.4, -0.2) is 35.6 Å². The normalized spacial score (nSPS) is 21.3. The molecule has 1 aromatic carbocycles. The van der Waals surface area contributed by atoms with Crippen LogP contribution in [0.1, 0.15) is 12.5 Å². The van der Waals surface area contributed by atoms with Crippen LogP contribution >= 0.6 is 0 Å². The fourth-order valence-corrected chi connectivity index (χ4v) is 2.69. The van der Waals surface area contributed by atoms with E-state index in [1.165, 1.54) is 10.9 Å². The van der Waals surface area contributed by atoms with Gasteiger partial charge in [-0.15, -0.1) is 0 Å². The standard InChI is InChI=1S/C15H19N3/c1-12-10-18(9-8-16-12)11-13-6-7-17-15-5-3-2-4-14(13)15/h2-7,12,16H,8-11H2,1H3/t12-/m0/s1. The Hall–Kier alpha value is -1.45. The molecule has 0 saturated carbocycles. The molecule has 1 aromatic heterocycles. The minimum absolute atomic E-state index is 0.590. The van der Waals surface area contributed by atoms with Crippen molar-refractivity contribution >= 4 is 10.9 Å². The molecule has 0 bridgehead atoms. The third-order valence-electron chi connectivity index (χ3n) is 3.59. The van der Waals surface area contributed by atoms with Crippen LogP contribution in [0.5, 0.6) is 0 Å². The molecular formula is C15H19N3. The van der Waals surface area contributed by atoms with Gasteiger partial charge in [0.15, 0.2) is 0 Å². The SMILES string of the molecule is C[C@H]1CN(Cc2ccnc3ccccc23)CCN1. The van der Waals surface area contributed by atoms with Gasteiger partial charge in [0.2, 0.25) is 0 Å². The van der Waals surface area contributed by atoms with E-state index in [0.717, 1.165) is 31.7 Å². The fourth-order valence-electron chi connectivity index (χ4n) is 2.69. The van der Waals surface area contributed by atoms with Crippen molar-refractivity contribution in [3.05, 3.63) is 42.1 Å². The molecule has 2 heterocycles. The first kappa shape index (κ1) is 11.6. The Balaban J connectivity index is 1.86. The molecule has 1 atom stereocenters. The molecule has 3 heteroatoms. The van der Waals surface area contributed by atoms with Crippen LogP contribution in [0, 0.1) is 0 Å². The lowest BCUT2D eigenvalue weighted by molar-refractivity contribution is 0.200. The molecule has 0 amide bonds. The molecule has 0 unspecified atom stereocenters. The number of nitrogens with zero attached hydrogens (tertiary/aromatic N) is 2. The summed E-state index contributed by atoms with van der Waals surface area (Å²) in [5.74, 6) is 0. The quantitative estimate of drug-likeness (QED) is 0.872. The van der Waals surface area contributed by atoms with Crippen LogP contribution in [0.2, 0.25) is 0 Å². The monoisotopic (exact) mass is 241 g/mol. The third-order valence-corrected chi connectivity index (χ3v) is 3.59. The van der Waals surface area contributed by atoms with Gasteiger partial charge >= 0.3 is 0 Å². The molecule has 1 saturated heterocycles. The first-order valence-electron chi connectivity index (χ1n) is 6.61. The van der Waals surface area contributed by atoms with Gasteiger partial charge in [0.1, 0.15) is 0 Å². The maximum atomic E-state index is 4.42. The minimum atomic E-state index is 0.590. The summed E-state index contributed by atoms with van der Waals surface area (Å²) >= 11 is 0. The number of para-hydroxylation sites is 1. The number of fused-ring (bicyclic) bond motifs is 1. The molecule has 1 aliphatic rings. The molecule has 3 rings (SSSR count). The van der Waals surface area contributed by atoms with Crippen LogP contribution < -0.4 is 5.32 Å². The number of piperazine rings is 1. The average molecular weight is 241 g/mol. The van der Waals surface area contributed by atoms with Crippen molar-refractivity contribution in [2.45, 2.75) is 19.5 Å². The van der Waals surface area contributed by atoms with Crippen molar-refractivity contribution in [3.8, 4) is 0 Å². The molecule has 18 heavy (non-hydrogen) atoms. The average Bonchev–Trinajstić information content (AvgIpc) is 2.39. The van der Waals surface area contributed by atoms with E-state index in [0.29, 0.717) is 6.04 Å². The molecule has 94 valence electrons. The van der Waals surface area contributed by atoms with Crippen molar-refractivity contribution in [1.29, 1.82) is 0 Å². The fraction of sp³-hybridized carbons (Fsp3) is 0.400. The van der Waals surface area contributed by atoms with E-state index in [2.05, 4.69) is 46.4 Å². The Morgan fingerprint density at radius 2 is 2.22 bits per heavy atom. The third kappa shape index (κ3) is 2.37. The maximum absolute atomic E-state index is 4.42. The molecule has 1 N–H and O–H groups in total. The largest absolute Gasteiger partial charge is 0.312 e. The lowest BCUT2D eigenvalue weighted by atomic mass is 10.1. The van der Waals surface area contributed by atoms with Crippen molar-refractivity contribution < 1.29 is 0 Å². The Morgan fingerprint density at radius 3 is 3.11 bits per heavy atom. The molecule has 1 fully saturated rings. The van der Waals surface area contributed by atoms with E-state index in [9.17, 15) is 0 Å². The molecule has 0 radical (unpaired) electrons. The minimum Gasteiger partial charge on any atom is -0.312 e. The highest BCUT2D eigenvalue weighted by molar-refractivity contribution is 5.81. The van der Waals surface area contributed by atoms with Gasteiger partial charge in [-0.3, -0.25) is 9.88 Å². The summed E-state index contributed by atoms with van der Waals surface area (Å²) in [6.07, 6.45) is 1.92. The van der Waals surface area contributed by atoms with E-state index in [1.54, 1.807) is 0 Å². The topological polar surface area (TPSA) is 28.2 Å². The summed E-state index contributed by atoms with van der Waals surface area (Å²) in [5, 5.41) is 4.76. The maximum Gasteiger partial charge on any atom is 0.0705 e. The zero-order chi connectivity index (χ0) is 12.4. The van der Waals surface area contributed by atoms with Gasteiger partial charge in [0, 0.05) is 43.8 Å². The number of pyridine rings is 1. The van der Waals surface area contributed by atoms with Crippen LogP contribution in [0.25, 0.3) is 10.9 Å². The lowest BCUT2D eigenvalue weighted by Gasteiger charge is -2.32. The zero-order valence-electron chi connectivity index (χ0n) is 10.8. The van der Waals surface area contributed by atoms with Crippen molar-refractivity contribution in [1.82, 2.24) is 15.2 Å². The Morgan fingerprint density at radius 1 is 1.33 bits per heavy atom. The van der Waals surface area contributed by atoms with Crippen LogP contribution in [0.4, 0.5) is 0 Å². The van der Waals surface area contributed by atoms with Gasteiger partial charge in [-0.1, -0.05) is 18.2 Å². The zero-order valence-corrected chi connectivity index (χ0v) is 10.8. The van der Waals surface area contributed by atoms with Gasteiger partial charge in [-0.25, -0.2) is 0 Å². The van der Waals surface area contributed by atoms with Crippen LogP contribution in [0.3, 0.4) is 0 Å². The Kier molecular flexibility index (Phi) is 3.26. The summed E-state index contributed by atoms with van der Waals surface area (Å²) in [7, 11) is 0. The van der Waals surface area contributed by atoms with Crippen LogP contribution in [-0.2, 0) is 6.54 Å². The number of hydrogen-bond acceptors (Lipinski definition) is 3. The molecule has 0 aliphatic carbocycles. The van der Waals surface area contributed by atoms with Gasteiger partial charge in [0.25, 0.3) is 0 Å².